The Morgan fingerprint density at radius 1 is 0.973 bits per heavy atom. The summed E-state index contributed by atoms with van der Waals surface area (Å²) in [4.78, 5) is 44.3. The van der Waals surface area contributed by atoms with Gasteiger partial charge in [-0.1, -0.05) is 0 Å². The van der Waals surface area contributed by atoms with E-state index in [1.165, 1.54) is 30.3 Å². The van der Waals surface area contributed by atoms with E-state index < -0.39 is 29.6 Å². The number of nitrogens with zero attached hydrogens (tertiary/aromatic N) is 2. The van der Waals surface area contributed by atoms with Crippen LogP contribution in [0.5, 0.6) is 11.5 Å². The number of halogens is 1. The Balaban J connectivity index is 1.79. The number of nitrogens with two attached hydrogens (primary N) is 2. The van der Waals surface area contributed by atoms with E-state index in [0.717, 1.165) is 0 Å². The molecule has 1 aromatic heterocycles. The number of primary amides is 2. The fourth-order valence-corrected chi connectivity index (χ4v) is 2.99. The summed E-state index contributed by atoms with van der Waals surface area (Å²) < 4.78 is 23.9. The maximum atomic E-state index is 13.1. The second-order valence-electron chi connectivity index (χ2n) is 8.89. The maximum Gasteiger partial charge on any atom is 0.407 e. The molecule has 0 aliphatic carbocycles. The van der Waals surface area contributed by atoms with Gasteiger partial charge in [0.15, 0.2) is 5.82 Å². The molecule has 0 radical (unpaired) electrons. The number of anilines is 1. The maximum absolute atomic E-state index is 13.1. The highest BCUT2D eigenvalue weighted by Crippen LogP contribution is 2.25. The molecule has 1 unspecified atom stereocenters. The standard InChI is InChI=1S/C25H27FN6O5/c1-25(2,3)37-24(35)29-13-19(22(28)34)30-20-12-18(21(27)33)31-23(32-20)14-4-8-16(9-5-14)36-17-10-6-15(26)7-11-17/h4-12,19H,13H2,1-3H3,(H2,27,33)(H2,28,34)(H,29,35)(H,30,31,32). The van der Waals surface area contributed by atoms with Crippen molar-refractivity contribution >= 4 is 23.7 Å². The second kappa shape index (κ2) is 11.3. The number of alkyl carbamates (subject to hydrolysis) is 1. The summed E-state index contributed by atoms with van der Waals surface area (Å²) in [6.07, 6.45) is -0.732. The number of benzene rings is 2. The van der Waals surface area contributed by atoms with Crippen molar-refractivity contribution in [1.82, 2.24) is 15.3 Å². The van der Waals surface area contributed by atoms with Crippen molar-refractivity contribution in [1.29, 1.82) is 0 Å². The molecule has 0 fully saturated rings. The van der Waals surface area contributed by atoms with Crippen molar-refractivity contribution in [2.24, 2.45) is 11.5 Å². The third-order valence-electron chi connectivity index (χ3n) is 4.66. The Morgan fingerprint density at radius 2 is 1.57 bits per heavy atom. The number of rotatable bonds is 9. The van der Waals surface area contributed by atoms with Gasteiger partial charge in [-0.25, -0.2) is 19.2 Å². The predicted molar refractivity (Wildman–Crippen MR) is 133 cm³/mol. The van der Waals surface area contributed by atoms with Gasteiger partial charge in [0.2, 0.25) is 5.91 Å². The minimum Gasteiger partial charge on any atom is -0.457 e. The molecule has 3 amide bonds. The van der Waals surface area contributed by atoms with Crippen molar-refractivity contribution in [3.8, 4) is 22.9 Å². The van der Waals surface area contributed by atoms with Gasteiger partial charge in [0.05, 0.1) is 6.54 Å². The van der Waals surface area contributed by atoms with Gasteiger partial charge in [-0.15, -0.1) is 0 Å². The van der Waals surface area contributed by atoms with Gasteiger partial charge in [0, 0.05) is 11.6 Å². The first-order valence-electron chi connectivity index (χ1n) is 11.1. The zero-order valence-electron chi connectivity index (χ0n) is 20.4. The molecule has 12 heteroatoms. The Morgan fingerprint density at radius 3 is 2.11 bits per heavy atom. The van der Waals surface area contributed by atoms with Gasteiger partial charge in [0.1, 0.15) is 40.5 Å². The first-order chi connectivity index (χ1) is 17.4. The minimum atomic E-state index is -1.08. The number of aromatic nitrogens is 2. The average molecular weight is 511 g/mol. The van der Waals surface area contributed by atoms with E-state index >= 15 is 0 Å². The number of carbonyl (C=O) groups excluding carboxylic acids is 3. The van der Waals surface area contributed by atoms with Crippen LogP contribution in [0, 0.1) is 5.82 Å². The highest BCUT2D eigenvalue weighted by atomic mass is 19.1. The van der Waals surface area contributed by atoms with Crippen LogP contribution in [-0.2, 0) is 9.53 Å². The van der Waals surface area contributed by atoms with Crippen LogP contribution in [0.2, 0.25) is 0 Å². The molecule has 194 valence electrons. The fraction of sp³-hybridized carbons (Fsp3) is 0.240. The lowest BCUT2D eigenvalue weighted by Gasteiger charge is -2.21. The largest absolute Gasteiger partial charge is 0.457 e. The van der Waals surface area contributed by atoms with E-state index in [0.29, 0.717) is 17.1 Å². The summed E-state index contributed by atoms with van der Waals surface area (Å²) in [6.45, 7) is 4.90. The third-order valence-corrected chi connectivity index (χ3v) is 4.66. The lowest BCUT2D eigenvalue weighted by Crippen LogP contribution is -2.46. The SMILES string of the molecule is CC(C)(C)OC(=O)NCC(Nc1cc(C(N)=O)nc(-c2ccc(Oc3ccc(F)cc3)cc2)n1)C(N)=O. The van der Waals surface area contributed by atoms with E-state index in [9.17, 15) is 18.8 Å². The average Bonchev–Trinajstić information content (AvgIpc) is 2.82. The molecule has 0 aliphatic rings. The van der Waals surface area contributed by atoms with Gasteiger partial charge < -0.3 is 31.6 Å². The highest BCUT2D eigenvalue weighted by Gasteiger charge is 2.21. The van der Waals surface area contributed by atoms with Crippen LogP contribution in [0.15, 0.2) is 54.6 Å². The first-order valence-corrected chi connectivity index (χ1v) is 11.1. The molecule has 2 aromatic carbocycles. The van der Waals surface area contributed by atoms with Gasteiger partial charge >= 0.3 is 6.09 Å². The minimum absolute atomic E-state index is 0.0835. The summed E-state index contributed by atoms with van der Waals surface area (Å²) in [5.74, 6) is -0.829. The number of nitrogens with one attached hydrogen (secondary N) is 2. The lowest BCUT2D eigenvalue weighted by molar-refractivity contribution is -0.118. The summed E-state index contributed by atoms with van der Waals surface area (Å²) in [5.41, 5.74) is 10.6. The molecule has 3 aromatic rings. The topological polar surface area (TPSA) is 172 Å². The van der Waals surface area contributed by atoms with Crippen molar-refractivity contribution in [3.05, 3.63) is 66.1 Å². The monoisotopic (exact) mass is 510 g/mol. The van der Waals surface area contributed by atoms with Crippen LogP contribution in [0.4, 0.5) is 15.0 Å². The van der Waals surface area contributed by atoms with Gasteiger partial charge in [0.25, 0.3) is 5.91 Å². The molecule has 11 nitrogen and oxygen atoms in total. The Hall–Kier alpha value is -4.74. The molecule has 0 spiro atoms. The van der Waals surface area contributed by atoms with Crippen LogP contribution >= 0.6 is 0 Å². The second-order valence-corrected chi connectivity index (χ2v) is 8.89. The number of ether oxygens (including phenoxy) is 2. The number of hydrogen-bond acceptors (Lipinski definition) is 8. The van der Waals surface area contributed by atoms with Crippen LogP contribution in [0.25, 0.3) is 11.4 Å². The van der Waals surface area contributed by atoms with E-state index in [4.69, 9.17) is 20.9 Å². The molecule has 1 heterocycles. The van der Waals surface area contributed by atoms with Gasteiger partial charge in [-0.05, 0) is 69.3 Å². The smallest absolute Gasteiger partial charge is 0.407 e. The molecule has 0 bridgehead atoms. The zero-order chi connectivity index (χ0) is 27.2. The number of carbonyl (C=O) groups is 3. The van der Waals surface area contributed by atoms with Crippen molar-refractivity contribution in [3.63, 3.8) is 0 Å². The Labute approximate surface area is 212 Å². The normalized spacial score (nSPS) is 11.8. The molecule has 0 saturated heterocycles. The molecular weight excluding hydrogens is 483 g/mol. The van der Waals surface area contributed by atoms with Crippen molar-refractivity contribution < 1.29 is 28.2 Å². The van der Waals surface area contributed by atoms with Crippen molar-refractivity contribution in [2.75, 3.05) is 11.9 Å². The van der Waals surface area contributed by atoms with Crippen molar-refractivity contribution in [2.45, 2.75) is 32.4 Å². The molecule has 1 atom stereocenters. The summed E-state index contributed by atoms with van der Waals surface area (Å²) in [6, 6.07) is 12.3. The molecule has 0 saturated carbocycles. The Bertz CT molecular complexity index is 1280. The first kappa shape index (κ1) is 26.9. The molecular formula is C25H27FN6O5. The lowest BCUT2D eigenvalue weighted by atomic mass is 10.2. The highest BCUT2D eigenvalue weighted by molar-refractivity contribution is 5.92. The summed E-state index contributed by atoms with van der Waals surface area (Å²) in [5, 5.41) is 5.25. The van der Waals surface area contributed by atoms with Gasteiger partial charge in [-0.3, -0.25) is 9.59 Å². The Kier molecular flexibility index (Phi) is 8.23. The van der Waals surface area contributed by atoms with Crippen LogP contribution < -0.4 is 26.8 Å². The summed E-state index contributed by atoms with van der Waals surface area (Å²) >= 11 is 0. The van der Waals surface area contributed by atoms with Crippen LogP contribution in [0.1, 0.15) is 31.3 Å². The molecule has 3 rings (SSSR count). The van der Waals surface area contributed by atoms with Crippen LogP contribution in [-0.4, -0.2) is 46.1 Å². The quantitative estimate of drug-likeness (QED) is 0.340. The van der Waals surface area contributed by atoms with Crippen LogP contribution in [0.3, 0.4) is 0 Å². The molecule has 0 aliphatic heterocycles. The zero-order valence-corrected chi connectivity index (χ0v) is 20.4. The van der Waals surface area contributed by atoms with E-state index in [1.54, 1.807) is 45.0 Å². The molecule has 37 heavy (non-hydrogen) atoms. The number of amides is 3. The van der Waals surface area contributed by atoms with E-state index in [2.05, 4.69) is 20.6 Å². The third kappa shape index (κ3) is 8.16. The molecule has 6 N–H and O–H groups in total. The summed E-state index contributed by atoms with van der Waals surface area (Å²) in [7, 11) is 0. The van der Waals surface area contributed by atoms with E-state index in [-0.39, 0.29) is 29.7 Å². The van der Waals surface area contributed by atoms with Gasteiger partial charge in [-0.2, -0.15) is 0 Å². The number of hydrogen-bond donors (Lipinski definition) is 4. The van der Waals surface area contributed by atoms with E-state index in [1.807, 2.05) is 0 Å². The predicted octanol–water partition coefficient (Wildman–Crippen LogP) is 2.96. The fourth-order valence-electron chi connectivity index (χ4n) is 2.99.